The lowest BCUT2D eigenvalue weighted by Crippen LogP contribution is -2.15. The second kappa shape index (κ2) is 8.99. The van der Waals surface area contributed by atoms with Gasteiger partial charge in [0.2, 0.25) is 0 Å². The van der Waals surface area contributed by atoms with E-state index < -0.39 is 17.5 Å². The zero-order chi connectivity index (χ0) is 19.4. The molecule has 0 spiro atoms. The van der Waals surface area contributed by atoms with E-state index in [0.717, 1.165) is 44.9 Å². The Labute approximate surface area is 159 Å². The van der Waals surface area contributed by atoms with Gasteiger partial charge in [-0.2, -0.15) is 0 Å². The number of halogens is 3. The molecule has 1 nitrogen and oxygen atoms in total. The molecule has 0 saturated heterocycles. The molecule has 0 aromatic heterocycles. The van der Waals surface area contributed by atoms with Crippen molar-refractivity contribution in [3.8, 4) is 5.75 Å². The van der Waals surface area contributed by atoms with Gasteiger partial charge in [0.05, 0.1) is 12.0 Å². The molecule has 0 heterocycles. The maximum atomic E-state index is 14.8. The summed E-state index contributed by atoms with van der Waals surface area (Å²) in [6.45, 7) is 4.55. The van der Waals surface area contributed by atoms with Crippen LogP contribution >= 0.6 is 0 Å². The first-order chi connectivity index (χ1) is 13.1. The second-order valence-corrected chi connectivity index (χ2v) is 7.78. The Bertz CT molecular complexity index is 779. The molecule has 0 amide bonds. The number of hydrogen-bond donors (Lipinski definition) is 0. The van der Waals surface area contributed by atoms with E-state index in [4.69, 9.17) is 4.74 Å². The van der Waals surface area contributed by atoms with E-state index >= 15 is 0 Å². The van der Waals surface area contributed by atoms with Crippen molar-refractivity contribution in [1.29, 1.82) is 0 Å². The summed E-state index contributed by atoms with van der Waals surface area (Å²) in [6.07, 6.45) is 7.91. The molecular weight excluding hydrogens is 349 g/mol. The first-order valence-electron chi connectivity index (χ1n) is 10.3. The van der Waals surface area contributed by atoms with Crippen LogP contribution < -0.4 is 4.74 Å². The lowest BCUT2D eigenvalue weighted by atomic mass is 9.77. The fourth-order valence-corrected chi connectivity index (χ4v) is 4.29. The SMILES string of the molecule is CCCCOc1ccc2cc(C3CCC(CCC)CC3)c(F)c(F)c2c1F. The molecule has 4 heteroatoms. The van der Waals surface area contributed by atoms with Gasteiger partial charge in [-0.15, -0.1) is 0 Å². The number of hydrogen-bond acceptors (Lipinski definition) is 1. The minimum atomic E-state index is -1.09. The minimum Gasteiger partial charge on any atom is -0.490 e. The van der Waals surface area contributed by atoms with Crippen molar-refractivity contribution >= 4 is 10.8 Å². The van der Waals surface area contributed by atoms with E-state index in [-0.39, 0.29) is 17.1 Å². The van der Waals surface area contributed by atoms with Crippen LogP contribution in [-0.4, -0.2) is 6.61 Å². The number of rotatable bonds is 7. The zero-order valence-corrected chi connectivity index (χ0v) is 16.3. The van der Waals surface area contributed by atoms with Crippen LogP contribution in [0.1, 0.15) is 76.7 Å². The van der Waals surface area contributed by atoms with Crippen molar-refractivity contribution < 1.29 is 17.9 Å². The van der Waals surface area contributed by atoms with E-state index in [0.29, 0.717) is 23.5 Å². The summed E-state index contributed by atoms with van der Waals surface area (Å²) in [5.74, 6) is -2.09. The Morgan fingerprint density at radius 1 is 0.926 bits per heavy atom. The third-order valence-corrected chi connectivity index (χ3v) is 5.85. The van der Waals surface area contributed by atoms with Crippen LogP contribution in [0.4, 0.5) is 13.2 Å². The summed E-state index contributed by atoms with van der Waals surface area (Å²) < 4.78 is 49.7. The van der Waals surface area contributed by atoms with Gasteiger partial charge >= 0.3 is 0 Å². The highest BCUT2D eigenvalue weighted by atomic mass is 19.2. The van der Waals surface area contributed by atoms with E-state index in [2.05, 4.69) is 6.92 Å². The Kier molecular flexibility index (Phi) is 6.67. The molecule has 0 aliphatic heterocycles. The van der Waals surface area contributed by atoms with Crippen LogP contribution in [0.25, 0.3) is 10.8 Å². The first-order valence-corrected chi connectivity index (χ1v) is 10.3. The van der Waals surface area contributed by atoms with Gasteiger partial charge in [0.15, 0.2) is 23.2 Å². The second-order valence-electron chi connectivity index (χ2n) is 7.78. The summed E-state index contributed by atoms with van der Waals surface area (Å²) in [7, 11) is 0. The fraction of sp³-hybridized carbons (Fsp3) is 0.565. The fourth-order valence-electron chi connectivity index (χ4n) is 4.29. The van der Waals surface area contributed by atoms with Crippen LogP contribution in [-0.2, 0) is 0 Å². The number of unbranched alkanes of at least 4 members (excludes halogenated alkanes) is 1. The molecular formula is C23H29F3O. The quantitative estimate of drug-likeness (QED) is 0.453. The summed E-state index contributed by atoms with van der Waals surface area (Å²) in [4.78, 5) is 0. The predicted octanol–water partition coefficient (Wildman–Crippen LogP) is 7.51. The lowest BCUT2D eigenvalue weighted by Gasteiger charge is -2.29. The monoisotopic (exact) mass is 378 g/mol. The van der Waals surface area contributed by atoms with Crippen LogP contribution in [0.3, 0.4) is 0 Å². The van der Waals surface area contributed by atoms with Gasteiger partial charge in [0, 0.05) is 0 Å². The molecule has 1 fully saturated rings. The zero-order valence-electron chi connectivity index (χ0n) is 16.3. The Morgan fingerprint density at radius 2 is 1.67 bits per heavy atom. The lowest BCUT2D eigenvalue weighted by molar-refractivity contribution is 0.295. The average Bonchev–Trinajstić information content (AvgIpc) is 2.67. The molecule has 1 saturated carbocycles. The molecule has 0 bridgehead atoms. The van der Waals surface area contributed by atoms with E-state index in [1.54, 1.807) is 12.1 Å². The van der Waals surface area contributed by atoms with Crippen molar-refractivity contribution in [1.82, 2.24) is 0 Å². The summed E-state index contributed by atoms with van der Waals surface area (Å²) in [5.41, 5.74) is 0.397. The number of benzene rings is 2. The molecule has 148 valence electrons. The van der Waals surface area contributed by atoms with Crippen LogP contribution in [0.15, 0.2) is 18.2 Å². The molecule has 2 aromatic rings. The molecule has 3 rings (SSSR count). The standard InChI is InChI=1S/C23H29F3O/c1-3-5-13-27-19-12-11-17-14-18(21(24)23(26)20(17)22(19)25)16-9-7-15(6-4-2)8-10-16/h11-12,14-16H,3-10,13H2,1-2H3. The van der Waals surface area contributed by atoms with Gasteiger partial charge in [0.1, 0.15) is 0 Å². The molecule has 0 N–H and O–H groups in total. The Hall–Kier alpha value is -1.71. The first kappa shape index (κ1) is 20.0. The van der Waals surface area contributed by atoms with Gasteiger partial charge in [-0.05, 0) is 67.0 Å². The smallest absolute Gasteiger partial charge is 0.175 e. The maximum absolute atomic E-state index is 14.8. The third-order valence-electron chi connectivity index (χ3n) is 5.85. The average molecular weight is 378 g/mol. The Balaban J connectivity index is 1.89. The number of fused-ring (bicyclic) bond motifs is 1. The van der Waals surface area contributed by atoms with Crippen molar-refractivity contribution in [2.24, 2.45) is 5.92 Å². The highest BCUT2D eigenvalue weighted by molar-refractivity contribution is 5.86. The summed E-state index contributed by atoms with van der Waals surface area (Å²) in [5, 5.41) is 0.102. The van der Waals surface area contributed by atoms with Crippen molar-refractivity contribution in [2.75, 3.05) is 6.61 Å². The molecule has 0 unspecified atom stereocenters. The maximum Gasteiger partial charge on any atom is 0.175 e. The largest absolute Gasteiger partial charge is 0.490 e. The van der Waals surface area contributed by atoms with Crippen LogP contribution in [0.5, 0.6) is 5.75 Å². The highest BCUT2D eigenvalue weighted by Crippen LogP contribution is 2.41. The Morgan fingerprint density at radius 3 is 2.33 bits per heavy atom. The highest BCUT2D eigenvalue weighted by Gasteiger charge is 2.27. The molecule has 1 aliphatic carbocycles. The normalized spacial score (nSPS) is 20.2. The topological polar surface area (TPSA) is 9.23 Å². The van der Waals surface area contributed by atoms with E-state index in [1.807, 2.05) is 6.92 Å². The van der Waals surface area contributed by atoms with E-state index in [1.165, 1.54) is 12.5 Å². The van der Waals surface area contributed by atoms with Gasteiger partial charge in [-0.3, -0.25) is 0 Å². The molecule has 0 atom stereocenters. The van der Waals surface area contributed by atoms with Crippen LogP contribution in [0, 0.1) is 23.4 Å². The minimum absolute atomic E-state index is 0.0120. The summed E-state index contributed by atoms with van der Waals surface area (Å²) in [6, 6.07) is 4.79. The molecule has 0 radical (unpaired) electrons. The van der Waals surface area contributed by atoms with Crippen LogP contribution in [0.2, 0.25) is 0 Å². The summed E-state index contributed by atoms with van der Waals surface area (Å²) >= 11 is 0. The molecule has 2 aromatic carbocycles. The number of ether oxygens (including phenoxy) is 1. The molecule has 27 heavy (non-hydrogen) atoms. The van der Waals surface area contributed by atoms with Crippen molar-refractivity contribution in [3.05, 3.63) is 41.2 Å². The van der Waals surface area contributed by atoms with Gasteiger partial charge in [0.25, 0.3) is 0 Å². The van der Waals surface area contributed by atoms with Gasteiger partial charge in [-0.1, -0.05) is 39.2 Å². The predicted molar refractivity (Wildman–Crippen MR) is 104 cm³/mol. The third kappa shape index (κ3) is 4.25. The van der Waals surface area contributed by atoms with Crippen molar-refractivity contribution in [3.63, 3.8) is 0 Å². The molecule has 1 aliphatic rings. The van der Waals surface area contributed by atoms with Gasteiger partial charge < -0.3 is 4.74 Å². The van der Waals surface area contributed by atoms with E-state index in [9.17, 15) is 13.2 Å². The van der Waals surface area contributed by atoms with Gasteiger partial charge in [-0.25, -0.2) is 13.2 Å². The van der Waals surface area contributed by atoms with Crippen molar-refractivity contribution in [2.45, 2.75) is 71.1 Å².